The minimum absolute atomic E-state index is 0.340. The van der Waals surface area contributed by atoms with Crippen LogP contribution in [0.3, 0.4) is 0 Å². The summed E-state index contributed by atoms with van der Waals surface area (Å²) in [6.45, 7) is 5.40. The van der Waals surface area contributed by atoms with Crippen molar-refractivity contribution in [3.05, 3.63) is 42.9 Å². The quantitative estimate of drug-likeness (QED) is 0.501. The topological polar surface area (TPSA) is 122 Å². The van der Waals surface area contributed by atoms with Crippen molar-refractivity contribution in [2.24, 2.45) is 7.05 Å². The van der Waals surface area contributed by atoms with Gasteiger partial charge in [-0.1, -0.05) is 6.07 Å². The fraction of sp³-hybridized carbons (Fsp3) is 0.273. The molecule has 10 nitrogen and oxygen atoms in total. The third kappa shape index (κ3) is 4.07. The molecule has 3 N–H and O–H groups in total. The maximum absolute atomic E-state index is 12.2. The summed E-state index contributed by atoms with van der Waals surface area (Å²) in [5.74, 6) is 1.43. The summed E-state index contributed by atoms with van der Waals surface area (Å²) in [5, 5.41) is 7.18. The van der Waals surface area contributed by atoms with E-state index in [-0.39, 0.29) is 0 Å². The van der Waals surface area contributed by atoms with E-state index in [1.165, 1.54) is 7.11 Å². The number of nitrogen functional groups attached to an aromatic ring is 1. The van der Waals surface area contributed by atoms with E-state index in [0.717, 1.165) is 5.56 Å². The number of methoxy groups -OCH3 is 1. The number of nitrogens with zero attached hydrogens (tertiary/aromatic N) is 5. The first kappa shape index (κ1) is 21.2. The van der Waals surface area contributed by atoms with Crippen molar-refractivity contribution >= 4 is 23.1 Å². The SMILES string of the molecule is COc1cc(-c2nc(-c3ccn(C)n3)n3ccnc(N)c23)ccc1NC(=O)OC(C)(C)C. The van der Waals surface area contributed by atoms with Gasteiger partial charge >= 0.3 is 6.09 Å². The number of fused-ring (bicyclic) bond motifs is 1. The van der Waals surface area contributed by atoms with Crippen LogP contribution in [-0.2, 0) is 11.8 Å². The summed E-state index contributed by atoms with van der Waals surface area (Å²) in [5.41, 5.74) is 8.81. The number of benzene rings is 1. The van der Waals surface area contributed by atoms with Gasteiger partial charge in [-0.3, -0.25) is 14.4 Å². The van der Waals surface area contributed by atoms with Gasteiger partial charge in [-0.25, -0.2) is 14.8 Å². The number of nitrogens with one attached hydrogen (secondary N) is 1. The fourth-order valence-electron chi connectivity index (χ4n) is 3.34. The van der Waals surface area contributed by atoms with Gasteiger partial charge in [0.2, 0.25) is 0 Å². The minimum Gasteiger partial charge on any atom is -0.495 e. The van der Waals surface area contributed by atoms with Crippen LogP contribution in [0.25, 0.3) is 28.3 Å². The van der Waals surface area contributed by atoms with Crippen LogP contribution >= 0.6 is 0 Å². The summed E-state index contributed by atoms with van der Waals surface area (Å²) in [6, 6.07) is 7.22. The molecular weight excluding hydrogens is 410 g/mol. The molecule has 4 aromatic rings. The Morgan fingerprint density at radius 3 is 2.62 bits per heavy atom. The van der Waals surface area contributed by atoms with E-state index in [2.05, 4.69) is 15.4 Å². The lowest BCUT2D eigenvalue weighted by Crippen LogP contribution is -2.27. The highest BCUT2D eigenvalue weighted by atomic mass is 16.6. The van der Waals surface area contributed by atoms with E-state index in [1.54, 1.807) is 50.0 Å². The number of hydrogen-bond donors (Lipinski definition) is 2. The number of ether oxygens (including phenoxy) is 2. The number of rotatable bonds is 4. The third-order valence-electron chi connectivity index (χ3n) is 4.64. The average molecular weight is 435 g/mol. The predicted octanol–water partition coefficient (Wildman–Crippen LogP) is 3.73. The van der Waals surface area contributed by atoms with E-state index >= 15 is 0 Å². The second-order valence-corrected chi connectivity index (χ2v) is 8.23. The van der Waals surface area contributed by atoms with Gasteiger partial charge in [0.25, 0.3) is 0 Å². The summed E-state index contributed by atoms with van der Waals surface area (Å²) in [4.78, 5) is 21.2. The van der Waals surface area contributed by atoms with Gasteiger partial charge in [-0.2, -0.15) is 5.10 Å². The number of aromatic nitrogens is 5. The number of hydrogen-bond acceptors (Lipinski definition) is 7. The molecule has 0 radical (unpaired) electrons. The molecule has 0 saturated heterocycles. The van der Waals surface area contributed by atoms with Gasteiger partial charge in [0.1, 0.15) is 34.1 Å². The molecule has 4 rings (SSSR count). The summed E-state index contributed by atoms with van der Waals surface area (Å²) in [7, 11) is 3.37. The fourth-order valence-corrected chi connectivity index (χ4v) is 3.34. The minimum atomic E-state index is -0.612. The van der Waals surface area contributed by atoms with Gasteiger partial charge in [-0.05, 0) is 39.0 Å². The van der Waals surface area contributed by atoms with Crippen molar-refractivity contribution in [3.63, 3.8) is 0 Å². The van der Waals surface area contributed by atoms with Crippen molar-refractivity contribution in [1.29, 1.82) is 0 Å². The first-order chi connectivity index (χ1) is 15.2. The lowest BCUT2D eigenvalue weighted by Gasteiger charge is -2.20. The number of aryl methyl sites for hydroxylation is 1. The number of imidazole rings is 1. The highest BCUT2D eigenvalue weighted by Crippen LogP contribution is 2.35. The Hall–Kier alpha value is -4.08. The van der Waals surface area contributed by atoms with Crippen molar-refractivity contribution in [3.8, 4) is 28.5 Å². The van der Waals surface area contributed by atoms with Gasteiger partial charge in [-0.15, -0.1) is 0 Å². The zero-order valence-electron chi connectivity index (χ0n) is 18.6. The van der Waals surface area contributed by atoms with E-state index in [9.17, 15) is 4.79 Å². The van der Waals surface area contributed by atoms with Gasteiger partial charge < -0.3 is 15.2 Å². The number of nitrogens with two attached hydrogens (primary N) is 1. The van der Waals surface area contributed by atoms with E-state index in [4.69, 9.17) is 20.2 Å². The second-order valence-electron chi connectivity index (χ2n) is 8.23. The van der Waals surface area contributed by atoms with Crippen molar-refractivity contribution in [2.75, 3.05) is 18.2 Å². The molecule has 0 bridgehead atoms. The smallest absolute Gasteiger partial charge is 0.412 e. The average Bonchev–Trinajstić information content (AvgIpc) is 3.31. The Bertz CT molecular complexity index is 1300. The zero-order valence-corrected chi connectivity index (χ0v) is 18.6. The summed E-state index contributed by atoms with van der Waals surface area (Å²) >= 11 is 0. The lowest BCUT2D eigenvalue weighted by molar-refractivity contribution is 0.0635. The highest BCUT2D eigenvalue weighted by molar-refractivity contribution is 5.91. The molecule has 0 saturated carbocycles. The van der Waals surface area contributed by atoms with Crippen LogP contribution in [0.4, 0.5) is 16.3 Å². The molecule has 0 fully saturated rings. The lowest BCUT2D eigenvalue weighted by atomic mass is 10.1. The molecule has 0 aliphatic rings. The molecular formula is C22H25N7O3. The third-order valence-corrected chi connectivity index (χ3v) is 4.64. The molecule has 166 valence electrons. The molecule has 0 aliphatic heterocycles. The van der Waals surface area contributed by atoms with Crippen LogP contribution in [-0.4, -0.2) is 43.0 Å². The van der Waals surface area contributed by atoms with Crippen molar-refractivity contribution < 1.29 is 14.3 Å². The van der Waals surface area contributed by atoms with Crippen molar-refractivity contribution in [2.45, 2.75) is 26.4 Å². The number of anilines is 2. The normalized spacial score (nSPS) is 11.5. The molecule has 1 amide bonds. The van der Waals surface area contributed by atoms with Crippen LogP contribution in [0.1, 0.15) is 20.8 Å². The highest BCUT2D eigenvalue weighted by Gasteiger charge is 2.21. The van der Waals surface area contributed by atoms with Crippen LogP contribution in [0.5, 0.6) is 5.75 Å². The number of carbonyl (C=O) groups excluding carboxylic acids is 1. The Kier molecular flexibility index (Phi) is 5.21. The molecule has 3 aromatic heterocycles. The maximum Gasteiger partial charge on any atom is 0.412 e. The second kappa shape index (κ2) is 7.88. The molecule has 0 aliphatic carbocycles. The Labute approximate surface area is 185 Å². The van der Waals surface area contributed by atoms with Gasteiger partial charge in [0.15, 0.2) is 5.82 Å². The molecule has 0 atom stereocenters. The van der Waals surface area contributed by atoms with Crippen LogP contribution < -0.4 is 15.8 Å². The summed E-state index contributed by atoms with van der Waals surface area (Å²) in [6.07, 6.45) is 4.69. The van der Waals surface area contributed by atoms with Crippen LogP contribution in [0, 0.1) is 0 Å². The monoisotopic (exact) mass is 435 g/mol. The Morgan fingerprint density at radius 1 is 1.19 bits per heavy atom. The first-order valence-electron chi connectivity index (χ1n) is 9.97. The molecule has 32 heavy (non-hydrogen) atoms. The first-order valence-corrected chi connectivity index (χ1v) is 9.97. The Morgan fingerprint density at radius 2 is 1.97 bits per heavy atom. The number of carbonyl (C=O) groups is 1. The molecule has 0 unspecified atom stereocenters. The standard InChI is InChI=1S/C22H25N7O3/c1-22(2,3)32-21(30)25-14-7-6-13(12-16(14)31-5)17-18-19(23)24-9-11-29(18)20(26-17)15-8-10-28(4)27-15/h6-12H,1-5H3,(H2,23,24)(H,25,30). The van der Waals surface area contributed by atoms with Crippen molar-refractivity contribution in [1.82, 2.24) is 24.1 Å². The largest absolute Gasteiger partial charge is 0.495 e. The number of amides is 1. The predicted molar refractivity (Wildman–Crippen MR) is 121 cm³/mol. The maximum atomic E-state index is 12.2. The van der Waals surface area contributed by atoms with Crippen LogP contribution in [0.2, 0.25) is 0 Å². The van der Waals surface area contributed by atoms with Crippen LogP contribution in [0.15, 0.2) is 42.9 Å². The van der Waals surface area contributed by atoms with Gasteiger partial charge in [0.05, 0.1) is 12.8 Å². The molecule has 0 spiro atoms. The molecule has 1 aromatic carbocycles. The molecule has 3 heterocycles. The van der Waals surface area contributed by atoms with E-state index in [0.29, 0.717) is 40.0 Å². The zero-order chi connectivity index (χ0) is 23.0. The molecule has 10 heteroatoms. The van der Waals surface area contributed by atoms with Gasteiger partial charge in [0, 0.05) is 31.2 Å². The Balaban J connectivity index is 1.78. The van der Waals surface area contributed by atoms with E-state index in [1.807, 2.05) is 29.8 Å². The van der Waals surface area contributed by atoms with E-state index < -0.39 is 11.7 Å². The summed E-state index contributed by atoms with van der Waals surface area (Å²) < 4.78 is 14.4.